The van der Waals surface area contributed by atoms with Gasteiger partial charge in [0.05, 0.1) is 33.7 Å². The maximum Gasteiger partial charge on any atom is 0.327 e. The lowest BCUT2D eigenvalue weighted by Gasteiger charge is -2.27. The summed E-state index contributed by atoms with van der Waals surface area (Å²) in [7, 11) is -4.36. The number of H-pyrrole nitrogens is 1. The van der Waals surface area contributed by atoms with E-state index in [-0.39, 0.29) is 47.2 Å². The molecule has 0 atom stereocenters. The van der Waals surface area contributed by atoms with E-state index in [1.165, 1.54) is 19.9 Å². The molecule has 226 valence electrons. The quantitative estimate of drug-likeness (QED) is 0.0717. The summed E-state index contributed by atoms with van der Waals surface area (Å²) in [4.78, 5) is 50.5. The average Bonchev–Trinajstić information content (AvgIpc) is 3.34. The number of amidine groups is 1. The molecule has 0 bridgehead atoms. The number of imidazole rings is 1. The molecule has 14 nitrogen and oxygen atoms in total. The highest BCUT2D eigenvalue weighted by Crippen LogP contribution is 2.49. The summed E-state index contributed by atoms with van der Waals surface area (Å²) in [6.45, 7) is 2.81. The fourth-order valence-corrected chi connectivity index (χ4v) is 4.99. The van der Waals surface area contributed by atoms with E-state index in [1.54, 1.807) is 42.5 Å². The predicted molar refractivity (Wildman–Crippen MR) is 161 cm³/mol. The number of aromatic hydroxyl groups is 2. The van der Waals surface area contributed by atoms with E-state index >= 15 is 0 Å². The minimum Gasteiger partial charge on any atom is -0.507 e. The molecule has 12 N–H and O–H groups in total. The van der Waals surface area contributed by atoms with Crippen molar-refractivity contribution in [1.29, 1.82) is 5.41 Å². The van der Waals surface area contributed by atoms with Gasteiger partial charge in [-0.05, 0) is 55.3 Å². The van der Waals surface area contributed by atoms with E-state index in [2.05, 4.69) is 20.6 Å². The number of carbonyl (C=O) groups is 2. The molecule has 43 heavy (non-hydrogen) atoms. The van der Waals surface area contributed by atoms with Crippen molar-refractivity contribution in [2.45, 2.75) is 25.8 Å². The summed E-state index contributed by atoms with van der Waals surface area (Å²) >= 11 is 0. The van der Waals surface area contributed by atoms with Gasteiger partial charge in [-0.2, -0.15) is 0 Å². The first kappa shape index (κ1) is 31.0. The van der Waals surface area contributed by atoms with E-state index in [1.807, 2.05) is 0 Å². The molecule has 0 aliphatic heterocycles. The molecule has 3 aromatic carbocycles. The molecule has 0 saturated heterocycles. The molecule has 0 aliphatic rings. The Bertz CT molecular complexity index is 1800. The number of aromatic amines is 1. The van der Waals surface area contributed by atoms with Gasteiger partial charge in [0.1, 0.15) is 23.2 Å². The van der Waals surface area contributed by atoms with Crippen LogP contribution in [0.1, 0.15) is 30.5 Å². The van der Waals surface area contributed by atoms with Crippen LogP contribution in [0.3, 0.4) is 0 Å². The number of amides is 3. The zero-order chi connectivity index (χ0) is 31.7. The number of nitrogens with zero attached hydrogens (tertiary/aromatic N) is 1. The van der Waals surface area contributed by atoms with Gasteiger partial charge in [0.15, 0.2) is 0 Å². The minimum absolute atomic E-state index is 0.0191. The maximum atomic E-state index is 13.3. The second kappa shape index (κ2) is 11.8. The summed E-state index contributed by atoms with van der Waals surface area (Å²) in [5.41, 5.74) is 12.0. The highest BCUT2D eigenvalue weighted by Gasteiger charge is 2.36. The Balaban J connectivity index is 1.90. The molecule has 0 unspecified atom stereocenters. The summed E-state index contributed by atoms with van der Waals surface area (Å²) in [6.07, 6.45) is -0.569. The number of nitrogen functional groups attached to an aromatic ring is 1. The number of aromatic nitrogens is 2. The van der Waals surface area contributed by atoms with Gasteiger partial charge in [-0.3, -0.25) is 14.8 Å². The summed E-state index contributed by atoms with van der Waals surface area (Å²) < 4.78 is 11.3. The second-order valence-electron chi connectivity index (χ2n) is 10.5. The topological polar surface area (TPSA) is 261 Å². The highest BCUT2D eigenvalue weighted by atomic mass is 31.2. The zero-order valence-corrected chi connectivity index (χ0v) is 24.2. The summed E-state index contributed by atoms with van der Waals surface area (Å²) in [5, 5.41) is 35.8. The Hall–Kier alpha value is -4.91. The lowest BCUT2D eigenvalue weighted by molar-refractivity contribution is -0.125. The van der Waals surface area contributed by atoms with Gasteiger partial charge in [0.25, 0.3) is 0 Å². The van der Waals surface area contributed by atoms with Crippen molar-refractivity contribution in [2.75, 3.05) is 12.7 Å². The number of carbonyl (C=O) groups excluding carboxylic acids is 2. The van der Waals surface area contributed by atoms with E-state index < -0.39 is 36.9 Å². The smallest absolute Gasteiger partial charge is 0.327 e. The third-order valence-corrected chi connectivity index (χ3v) is 7.74. The first-order valence-electron chi connectivity index (χ1n) is 13.0. The third kappa shape index (κ3) is 6.78. The molecule has 0 radical (unpaired) electrons. The van der Waals surface area contributed by atoms with Gasteiger partial charge in [-0.15, -0.1) is 0 Å². The van der Waals surface area contributed by atoms with Crippen LogP contribution in [0.15, 0.2) is 48.5 Å². The third-order valence-electron chi connectivity index (χ3n) is 6.93. The van der Waals surface area contributed by atoms with Gasteiger partial charge < -0.3 is 47.1 Å². The number of primary amides is 1. The van der Waals surface area contributed by atoms with E-state index in [0.29, 0.717) is 27.7 Å². The lowest BCUT2D eigenvalue weighted by atomic mass is 9.79. The molecule has 4 aromatic rings. The Morgan fingerprint density at radius 2 is 1.77 bits per heavy atom. The number of fused-ring (bicyclic) bond motifs is 1. The van der Waals surface area contributed by atoms with Gasteiger partial charge >= 0.3 is 13.6 Å². The molecule has 0 saturated carbocycles. The van der Waals surface area contributed by atoms with Crippen molar-refractivity contribution in [3.63, 3.8) is 0 Å². The normalized spacial score (nSPS) is 11.8. The van der Waals surface area contributed by atoms with Crippen LogP contribution < -0.4 is 22.1 Å². The number of phenolic OH excluding ortho intramolecular Hbond substituents is 2. The van der Waals surface area contributed by atoms with Gasteiger partial charge in [0, 0.05) is 24.2 Å². The van der Waals surface area contributed by atoms with Crippen molar-refractivity contribution < 1.29 is 34.2 Å². The van der Waals surface area contributed by atoms with E-state index in [9.17, 15) is 34.2 Å². The number of hydrogen-bond donors (Lipinski definition) is 10. The van der Waals surface area contributed by atoms with Crippen LogP contribution in [0.5, 0.6) is 11.5 Å². The van der Waals surface area contributed by atoms with Crippen molar-refractivity contribution >= 4 is 36.4 Å². The standard InChI is InChI=1S/C28H32N7O7P/c1-28(2,26(38)32-8-9-43(40,41)42)18-12-17(25-34-19-7-6-16(24(29)30)11-20(19)35-25)22(36)21(23(18)37)15-5-3-4-14(10-15)13-33-27(31)39/h3-7,10-12,36-37H,8-9,13H2,1-2H3,(H3,29,30)(H,32,38)(H,34,35)(H3,31,33,39)(H2,40,41,42). The van der Waals surface area contributed by atoms with E-state index in [0.717, 1.165) is 0 Å². The van der Waals surface area contributed by atoms with Crippen LogP contribution in [-0.4, -0.2) is 60.4 Å². The molecular formula is C28H32N7O7P. The second-order valence-corrected chi connectivity index (χ2v) is 12.2. The predicted octanol–water partition coefficient (Wildman–Crippen LogP) is 2.33. The van der Waals surface area contributed by atoms with Crippen molar-refractivity contribution in [2.24, 2.45) is 11.5 Å². The summed E-state index contributed by atoms with van der Waals surface area (Å²) in [5.74, 6) is -1.35. The van der Waals surface area contributed by atoms with Crippen LogP contribution in [-0.2, 0) is 21.3 Å². The number of urea groups is 1. The number of nitrogens with one attached hydrogen (secondary N) is 4. The van der Waals surface area contributed by atoms with Gasteiger partial charge in [0.2, 0.25) is 5.91 Å². The number of nitrogens with two attached hydrogens (primary N) is 2. The average molecular weight is 610 g/mol. The highest BCUT2D eigenvalue weighted by molar-refractivity contribution is 7.51. The molecular weight excluding hydrogens is 577 g/mol. The Morgan fingerprint density at radius 1 is 1.05 bits per heavy atom. The Kier molecular flexibility index (Phi) is 8.49. The maximum absolute atomic E-state index is 13.3. The molecule has 1 heterocycles. The molecule has 0 fully saturated rings. The van der Waals surface area contributed by atoms with E-state index in [4.69, 9.17) is 16.9 Å². The van der Waals surface area contributed by atoms with Crippen molar-refractivity contribution in [3.05, 3.63) is 65.2 Å². The van der Waals surface area contributed by atoms with Crippen LogP contribution >= 0.6 is 7.60 Å². The zero-order valence-electron chi connectivity index (χ0n) is 23.3. The largest absolute Gasteiger partial charge is 0.507 e. The number of rotatable bonds is 10. The first-order chi connectivity index (χ1) is 20.1. The molecule has 4 rings (SSSR count). The van der Waals surface area contributed by atoms with Crippen LogP contribution in [0.25, 0.3) is 33.5 Å². The van der Waals surface area contributed by atoms with Crippen LogP contribution in [0, 0.1) is 5.41 Å². The Labute approximate surface area is 245 Å². The minimum atomic E-state index is -4.36. The van der Waals surface area contributed by atoms with Gasteiger partial charge in [-0.25, -0.2) is 9.78 Å². The monoisotopic (exact) mass is 609 g/mol. The van der Waals surface area contributed by atoms with Crippen LogP contribution in [0.2, 0.25) is 0 Å². The number of hydrogen-bond acceptors (Lipinski definition) is 7. The fraction of sp³-hybridized carbons (Fsp3) is 0.214. The molecule has 0 spiro atoms. The first-order valence-corrected chi connectivity index (χ1v) is 14.8. The Morgan fingerprint density at radius 3 is 2.42 bits per heavy atom. The molecule has 15 heteroatoms. The van der Waals surface area contributed by atoms with Crippen molar-refractivity contribution in [3.8, 4) is 34.0 Å². The summed E-state index contributed by atoms with van der Waals surface area (Å²) in [6, 6.07) is 12.2. The van der Waals surface area contributed by atoms with Gasteiger partial charge in [-0.1, -0.05) is 18.2 Å². The molecule has 1 aromatic heterocycles. The number of benzene rings is 3. The molecule has 0 aliphatic carbocycles. The SMILES string of the molecule is CC(C)(C(=O)NCCP(=O)(O)O)c1cc(-c2nc3ccc(C(=N)N)cc3[nH]2)c(O)c(-c2cccc(CNC(N)=O)c2)c1O. The van der Waals surface area contributed by atoms with Crippen LogP contribution in [0.4, 0.5) is 4.79 Å². The fourth-order valence-electron chi connectivity index (χ4n) is 4.58. The lowest BCUT2D eigenvalue weighted by Crippen LogP contribution is -2.41. The number of phenols is 2. The van der Waals surface area contributed by atoms with Crippen molar-refractivity contribution in [1.82, 2.24) is 20.6 Å². The molecule has 3 amide bonds.